The number of rotatable bonds is 8. The summed E-state index contributed by atoms with van der Waals surface area (Å²) in [5.41, 5.74) is 2.40. The molecule has 0 saturated carbocycles. The zero-order chi connectivity index (χ0) is 19.9. The van der Waals surface area contributed by atoms with Crippen LogP contribution in [0.5, 0.6) is 11.5 Å². The van der Waals surface area contributed by atoms with Crippen molar-refractivity contribution in [2.75, 3.05) is 21.3 Å². The van der Waals surface area contributed by atoms with Crippen LogP contribution in [0.4, 0.5) is 0 Å². The summed E-state index contributed by atoms with van der Waals surface area (Å²) in [5, 5.41) is 11.1. The third-order valence-corrected chi connectivity index (χ3v) is 4.21. The molecule has 0 radical (unpaired) electrons. The molecule has 1 aromatic heterocycles. The van der Waals surface area contributed by atoms with Crippen LogP contribution in [-0.4, -0.2) is 42.2 Å². The van der Waals surface area contributed by atoms with E-state index < -0.39 is 0 Å². The smallest absolute Gasteiger partial charge is 0.274 e. The molecule has 2 aromatic carbocycles. The van der Waals surface area contributed by atoms with Gasteiger partial charge in [0.05, 0.1) is 26.5 Å². The maximum Gasteiger partial charge on any atom is 0.274 e. The molecule has 0 spiro atoms. The Kier molecular flexibility index (Phi) is 6.23. The van der Waals surface area contributed by atoms with Gasteiger partial charge in [0.15, 0.2) is 5.69 Å². The molecule has 0 aliphatic carbocycles. The zero-order valence-corrected chi connectivity index (χ0v) is 16.0. The topological polar surface area (TPSA) is 87.5 Å². The van der Waals surface area contributed by atoms with Crippen molar-refractivity contribution >= 4 is 5.91 Å². The average Bonchev–Trinajstić information content (AvgIpc) is 3.16. The fourth-order valence-electron chi connectivity index (χ4n) is 2.78. The van der Waals surface area contributed by atoms with Gasteiger partial charge in [-0.05, 0) is 30.3 Å². The number of amides is 1. The number of nitrogens with zero attached hydrogens (tertiary/aromatic N) is 3. The minimum Gasteiger partial charge on any atom is -0.497 e. The van der Waals surface area contributed by atoms with Crippen LogP contribution in [0.3, 0.4) is 0 Å². The Morgan fingerprint density at radius 3 is 2.46 bits per heavy atom. The van der Waals surface area contributed by atoms with Gasteiger partial charge in [-0.3, -0.25) is 4.79 Å². The lowest BCUT2D eigenvalue weighted by Gasteiger charge is -2.10. The van der Waals surface area contributed by atoms with Gasteiger partial charge in [-0.2, -0.15) is 0 Å². The van der Waals surface area contributed by atoms with Crippen LogP contribution in [0.1, 0.15) is 21.7 Å². The van der Waals surface area contributed by atoms with E-state index in [0.717, 1.165) is 17.0 Å². The average molecular weight is 382 g/mol. The molecule has 0 unspecified atom stereocenters. The van der Waals surface area contributed by atoms with Crippen molar-refractivity contribution in [2.45, 2.75) is 13.2 Å². The van der Waals surface area contributed by atoms with E-state index in [9.17, 15) is 4.79 Å². The quantitative estimate of drug-likeness (QED) is 0.644. The molecule has 1 heterocycles. The first-order valence-corrected chi connectivity index (χ1v) is 8.66. The SMILES string of the molecule is COCc1c(C(=O)NCc2ccccc2OC)nnn1-c1ccc(OC)cc1. The Hall–Kier alpha value is -3.39. The first-order chi connectivity index (χ1) is 13.7. The first kappa shape index (κ1) is 19.4. The molecule has 3 rings (SSSR count). The fourth-order valence-corrected chi connectivity index (χ4v) is 2.78. The van der Waals surface area contributed by atoms with E-state index in [0.29, 0.717) is 18.0 Å². The molecule has 3 aromatic rings. The van der Waals surface area contributed by atoms with Crippen molar-refractivity contribution in [3.8, 4) is 17.2 Å². The molecule has 0 fully saturated rings. The number of carbonyl (C=O) groups is 1. The van der Waals surface area contributed by atoms with Gasteiger partial charge >= 0.3 is 0 Å². The molecule has 0 aliphatic rings. The number of benzene rings is 2. The molecular weight excluding hydrogens is 360 g/mol. The molecule has 0 aliphatic heterocycles. The maximum absolute atomic E-state index is 12.7. The molecule has 1 amide bonds. The van der Waals surface area contributed by atoms with E-state index in [4.69, 9.17) is 14.2 Å². The number of carbonyl (C=O) groups excluding carboxylic acids is 1. The second-order valence-electron chi connectivity index (χ2n) is 5.92. The Morgan fingerprint density at radius 1 is 1.04 bits per heavy atom. The van der Waals surface area contributed by atoms with Gasteiger partial charge in [-0.1, -0.05) is 23.4 Å². The Bertz CT molecular complexity index is 938. The lowest BCUT2D eigenvalue weighted by molar-refractivity contribution is 0.0940. The molecule has 0 saturated heterocycles. The van der Waals surface area contributed by atoms with E-state index in [1.165, 1.54) is 0 Å². The summed E-state index contributed by atoms with van der Waals surface area (Å²) in [6.45, 7) is 0.501. The number of ether oxygens (including phenoxy) is 3. The molecule has 146 valence electrons. The zero-order valence-electron chi connectivity index (χ0n) is 16.0. The van der Waals surface area contributed by atoms with Gasteiger partial charge in [0.25, 0.3) is 5.91 Å². The van der Waals surface area contributed by atoms with E-state index in [1.807, 2.05) is 48.5 Å². The Balaban J connectivity index is 1.82. The molecule has 0 atom stereocenters. The van der Waals surface area contributed by atoms with E-state index in [2.05, 4.69) is 15.6 Å². The highest BCUT2D eigenvalue weighted by molar-refractivity contribution is 5.93. The van der Waals surface area contributed by atoms with E-state index >= 15 is 0 Å². The van der Waals surface area contributed by atoms with Gasteiger partial charge in [0.1, 0.15) is 17.2 Å². The van der Waals surface area contributed by atoms with E-state index in [-0.39, 0.29) is 18.2 Å². The third kappa shape index (κ3) is 4.12. The van der Waals surface area contributed by atoms with Gasteiger partial charge in [-0.15, -0.1) is 5.10 Å². The van der Waals surface area contributed by atoms with Crippen LogP contribution in [-0.2, 0) is 17.9 Å². The lowest BCUT2D eigenvalue weighted by Crippen LogP contribution is -2.25. The predicted octanol–water partition coefficient (Wildman–Crippen LogP) is 2.36. The molecule has 0 bridgehead atoms. The molecule has 8 heteroatoms. The summed E-state index contributed by atoms with van der Waals surface area (Å²) >= 11 is 0. The highest BCUT2D eigenvalue weighted by Gasteiger charge is 2.20. The molecule has 28 heavy (non-hydrogen) atoms. The minimum atomic E-state index is -0.335. The van der Waals surface area contributed by atoms with Crippen LogP contribution in [0, 0.1) is 0 Å². The fraction of sp³-hybridized carbons (Fsp3) is 0.250. The Morgan fingerprint density at radius 2 is 1.79 bits per heavy atom. The number of methoxy groups -OCH3 is 3. The van der Waals surface area contributed by atoms with Gasteiger partial charge in [-0.25, -0.2) is 4.68 Å². The summed E-state index contributed by atoms with van der Waals surface area (Å²) in [6.07, 6.45) is 0. The summed E-state index contributed by atoms with van der Waals surface area (Å²) < 4.78 is 17.3. The van der Waals surface area contributed by atoms with Crippen molar-refractivity contribution in [3.63, 3.8) is 0 Å². The monoisotopic (exact) mass is 382 g/mol. The van der Waals surface area contributed by atoms with Crippen LogP contribution >= 0.6 is 0 Å². The van der Waals surface area contributed by atoms with Crippen molar-refractivity contribution < 1.29 is 19.0 Å². The van der Waals surface area contributed by atoms with Crippen molar-refractivity contribution in [3.05, 3.63) is 65.5 Å². The molecule has 1 N–H and O–H groups in total. The van der Waals surface area contributed by atoms with Crippen molar-refractivity contribution in [1.82, 2.24) is 20.3 Å². The highest BCUT2D eigenvalue weighted by Crippen LogP contribution is 2.19. The van der Waals surface area contributed by atoms with E-state index in [1.54, 1.807) is 26.0 Å². The summed E-state index contributed by atoms with van der Waals surface area (Å²) in [4.78, 5) is 12.7. The Labute approximate surface area is 163 Å². The largest absolute Gasteiger partial charge is 0.497 e. The minimum absolute atomic E-state index is 0.191. The summed E-state index contributed by atoms with van der Waals surface area (Å²) in [5.74, 6) is 1.10. The van der Waals surface area contributed by atoms with Gasteiger partial charge in [0, 0.05) is 19.2 Å². The van der Waals surface area contributed by atoms with Crippen LogP contribution < -0.4 is 14.8 Å². The lowest BCUT2D eigenvalue weighted by atomic mass is 10.2. The van der Waals surface area contributed by atoms with Crippen molar-refractivity contribution in [1.29, 1.82) is 0 Å². The number of hydrogen-bond acceptors (Lipinski definition) is 6. The highest BCUT2D eigenvalue weighted by atomic mass is 16.5. The third-order valence-electron chi connectivity index (χ3n) is 4.21. The van der Waals surface area contributed by atoms with Gasteiger partial charge < -0.3 is 19.5 Å². The summed E-state index contributed by atoms with van der Waals surface area (Å²) in [7, 11) is 4.75. The number of para-hydroxylation sites is 1. The van der Waals surface area contributed by atoms with Crippen LogP contribution in [0.15, 0.2) is 48.5 Å². The van der Waals surface area contributed by atoms with Crippen LogP contribution in [0.2, 0.25) is 0 Å². The number of hydrogen-bond donors (Lipinski definition) is 1. The second kappa shape index (κ2) is 9.01. The summed E-state index contributed by atoms with van der Waals surface area (Å²) in [6, 6.07) is 14.8. The number of aromatic nitrogens is 3. The van der Waals surface area contributed by atoms with Crippen molar-refractivity contribution in [2.24, 2.45) is 0 Å². The standard InChI is InChI=1S/C20H22N4O4/c1-26-13-17-19(20(25)21-12-14-6-4-5-7-18(14)28-3)22-23-24(17)15-8-10-16(27-2)11-9-15/h4-11H,12-13H2,1-3H3,(H,21,25). The number of nitrogens with one attached hydrogen (secondary N) is 1. The second-order valence-corrected chi connectivity index (χ2v) is 5.92. The predicted molar refractivity (Wildman–Crippen MR) is 103 cm³/mol. The van der Waals surface area contributed by atoms with Crippen LogP contribution in [0.25, 0.3) is 5.69 Å². The molecular formula is C20H22N4O4. The molecule has 8 nitrogen and oxygen atoms in total. The maximum atomic E-state index is 12.7. The first-order valence-electron chi connectivity index (χ1n) is 8.66. The normalized spacial score (nSPS) is 10.5. The van der Waals surface area contributed by atoms with Gasteiger partial charge in [0.2, 0.25) is 0 Å².